The minimum absolute atomic E-state index is 0.0486. The molecule has 0 radical (unpaired) electrons. The smallest absolute Gasteiger partial charge is 0.251 e. The number of pyridine rings is 1. The van der Waals surface area contributed by atoms with Crippen molar-refractivity contribution < 1.29 is 14.3 Å². The highest BCUT2D eigenvalue weighted by Gasteiger charge is 2.29. The summed E-state index contributed by atoms with van der Waals surface area (Å²) < 4.78 is 14.0. The number of nitrogens with one attached hydrogen (secondary N) is 2. The number of aliphatic hydroxyl groups is 1. The zero-order valence-corrected chi connectivity index (χ0v) is 18.8. The number of carbonyl (C=O) groups excluding carboxylic acids is 1. The van der Waals surface area contributed by atoms with Crippen LogP contribution in [0.5, 0.6) is 0 Å². The molecule has 0 aliphatic heterocycles. The zero-order valence-electron chi connectivity index (χ0n) is 18.8. The van der Waals surface area contributed by atoms with E-state index in [-0.39, 0.29) is 29.8 Å². The highest BCUT2D eigenvalue weighted by atomic mass is 19.1. The Morgan fingerprint density at radius 1 is 1.03 bits per heavy atom. The molecule has 0 spiro atoms. The summed E-state index contributed by atoms with van der Waals surface area (Å²) in [5, 5.41) is 13.3. The Labute approximate surface area is 196 Å². The second-order valence-electron chi connectivity index (χ2n) is 9.77. The van der Waals surface area contributed by atoms with Gasteiger partial charge in [-0.15, -0.1) is 0 Å². The van der Waals surface area contributed by atoms with Gasteiger partial charge in [0.2, 0.25) is 0 Å². The van der Waals surface area contributed by atoms with Gasteiger partial charge < -0.3 is 15.4 Å². The van der Waals surface area contributed by atoms with Crippen molar-refractivity contribution in [1.29, 1.82) is 0 Å². The first-order valence-corrected chi connectivity index (χ1v) is 12.1. The fraction of sp³-hybridized carbons (Fsp3) is 0.370. The summed E-state index contributed by atoms with van der Waals surface area (Å²) in [6.45, 7) is 0. The number of rotatable bonds is 4. The monoisotopic (exact) mass is 458 g/mol. The number of hydrogen-bond donors (Lipinski definition) is 3. The van der Waals surface area contributed by atoms with Crippen LogP contribution in [0.1, 0.15) is 72.1 Å². The largest absolute Gasteiger partial charge is 0.393 e. The van der Waals surface area contributed by atoms with Gasteiger partial charge in [0, 0.05) is 29.1 Å². The summed E-state index contributed by atoms with van der Waals surface area (Å²) in [6, 6.07) is 12.4. The molecule has 0 saturated heterocycles. The van der Waals surface area contributed by atoms with Crippen molar-refractivity contribution in [2.75, 3.05) is 0 Å². The molecule has 2 aromatic heterocycles. The molecule has 3 N–H and O–H groups in total. The van der Waals surface area contributed by atoms with Gasteiger partial charge in [-0.2, -0.15) is 0 Å². The Kier molecular flexibility index (Phi) is 5.29. The Morgan fingerprint density at radius 2 is 1.85 bits per heavy atom. The number of fused-ring (bicyclic) bond motifs is 2. The Hall–Kier alpha value is -3.32. The summed E-state index contributed by atoms with van der Waals surface area (Å²) in [6.07, 6.45) is 6.87. The maximum Gasteiger partial charge on any atom is 0.251 e. The fourth-order valence-electron chi connectivity index (χ4n) is 5.55. The summed E-state index contributed by atoms with van der Waals surface area (Å²) in [5.74, 6) is 1.18. The SMILES string of the molecule is O=C(NC1CC(O)C1)c1ccc2nc(C3CCCC(c4ccnc5ccc(F)cc45)C3)[nH]c2c1. The first-order chi connectivity index (χ1) is 16.5. The van der Waals surface area contributed by atoms with E-state index in [1.807, 2.05) is 24.4 Å². The van der Waals surface area contributed by atoms with Crippen LogP contribution in [0.15, 0.2) is 48.7 Å². The number of halogens is 1. The standard InChI is InChI=1S/C27H27FN4O2/c28-18-5-7-23-22(12-18)21(8-9-29-23)15-2-1-3-16(10-15)26-31-24-6-4-17(11-25(24)32-26)27(34)30-19-13-20(33)14-19/h4-9,11-12,15-16,19-20,33H,1-3,10,13-14H2,(H,30,34)(H,31,32). The van der Waals surface area contributed by atoms with E-state index in [9.17, 15) is 14.3 Å². The number of aromatic amines is 1. The topological polar surface area (TPSA) is 90.9 Å². The maximum absolute atomic E-state index is 14.0. The van der Waals surface area contributed by atoms with E-state index in [1.165, 1.54) is 6.07 Å². The summed E-state index contributed by atoms with van der Waals surface area (Å²) in [7, 11) is 0. The molecule has 6 rings (SSSR count). The van der Waals surface area contributed by atoms with Crippen molar-refractivity contribution in [2.24, 2.45) is 0 Å². The van der Waals surface area contributed by atoms with Crippen molar-refractivity contribution >= 4 is 27.8 Å². The Balaban J connectivity index is 1.23. The number of imidazole rings is 1. The first kappa shape index (κ1) is 21.2. The van der Waals surface area contributed by atoms with Gasteiger partial charge in [0.05, 0.1) is 22.7 Å². The average Bonchev–Trinajstić information content (AvgIpc) is 3.26. The first-order valence-electron chi connectivity index (χ1n) is 12.1. The number of benzene rings is 2. The van der Waals surface area contributed by atoms with Crippen LogP contribution in [0.4, 0.5) is 4.39 Å². The molecule has 2 fully saturated rings. The maximum atomic E-state index is 14.0. The van der Waals surface area contributed by atoms with Gasteiger partial charge in [0.25, 0.3) is 5.91 Å². The van der Waals surface area contributed by atoms with E-state index in [0.717, 1.165) is 59.0 Å². The van der Waals surface area contributed by atoms with Crippen LogP contribution in [0.3, 0.4) is 0 Å². The quantitative estimate of drug-likeness (QED) is 0.404. The third kappa shape index (κ3) is 3.94. The Bertz CT molecular complexity index is 1380. The second-order valence-corrected chi connectivity index (χ2v) is 9.77. The molecule has 34 heavy (non-hydrogen) atoms. The number of H-pyrrole nitrogens is 1. The molecule has 2 aliphatic carbocycles. The van der Waals surface area contributed by atoms with Crippen molar-refractivity contribution in [1.82, 2.24) is 20.3 Å². The lowest BCUT2D eigenvalue weighted by Crippen LogP contribution is -2.46. The van der Waals surface area contributed by atoms with E-state index < -0.39 is 0 Å². The van der Waals surface area contributed by atoms with Crippen molar-refractivity contribution in [3.05, 3.63) is 71.4 Å². The van der Waals surface area contributed by atoms with Gasteiger partial charge in [-0.25, -0.2) is 9.37 Å². The number of amides is 1. The van der Waals surface area contributed by atoms with E-state index in [2.05, 4.69) is 15.3 Å². The van der Waals surface area contributed by atoms with Crippen LogP contribution in [-0.4, -0.2) is 38.1 Å². The van der Waals surface area contributed by atoms with Gasteiger partial charge in [0.15, 0.2) is 0 Å². The highest BCUT2D eigenvalue weighted by Crippen LogP contribution is 2.42. The average molecular weight is 459 g/mol. The minimum Gasteiger partial charge on any atom is -0.393 e. The normalized spacial score (nSPS) is 24.8. The van der Waals surface area contributed by atoms with Gasteiger partial charge in [-0.3, -0.25) is 9.78 Å². The fourth-order valence-corrected chi connectivity index (χ4v) is 5.55. The van der Waals surface area contributed by atoms with Gasteiger partial charge in [0.1, 0.15) is 11.6 Å². The molecule has 2 unspecified atom stereocenters. The third-order valence-corrected chi connectivity index (χ3v) is 7.45. The molecule has 2 atom stereocenters. The number of hydrogen-bond acceptors (Lipinski definition) is 4. The molecule has 0 bridgehead atoms. The lowest BCUT2D eigenvalue weighted by atomic mass is 9.77. The van der Waals surface area contributed by atoms with Crippen LogP contribution in [-0.2, 0) is 0 Å². The molecule has 2 saturated carbocycles. The molecule has 1 amide bonds. The molecular weight excluding hydrogens is 431 g/mol. The predicted octanol–water partition coefficient (Wildman–Crippen LogP) is 4.94. The van der Waals surface area contributed by atoms with E-state index >= 15 is 0 Å². The number of carbonyl (C=O) groups is 1. The summed E-state index contributed by atoms with van der Waals surface area (Å²) in [5.41, 5.74) is 4.28. The van der Waals surface area contributed by atoms with E-state index in [0.29, 0.717) is 24.3 Å². The zero-order chi connectivity index (χ0) is 23.2. The molecule has 2 aliphatic rings. The van der Waals surface area contributed by atoms with Crippen molar-refractivity contribution in [2.45, 2.75) is 62.5 Å². The van der Waals surface area contributed by atoms with Crippen LogP contribution >= 0.6 is 0 Å². The molecule has 7 heteroatoms. The number of aliphatic hydroxyl groups excluding tert-OH is 1. The third-order valence-electron chi connectivity index (χ3n) is 7.45. The number of nitrogens with zero attached hydrogens (tertiary/aromatic N) is 2. The number of aromatic nitrogens is 3. The van der Waals surface area contributed by atoms with E-state index in [4.69, 9.17) is 4.98 Å². The van der Waals surface area contributed by atoms with Crippen molar-refractivity contribution in [3.63, 3.8) is 0 Å². The summed E-state index contributed by atoms with van der Waals surface area (Å²) in [4.78, 5) is 25.3. The molecule has 2 aromatic carbocycles. The minimum atomic E-state index is -0.300. The molecular formula is C27H27FN4O2. The summed E-state index contributed by atoms with van der Waals surface area (Å²) >= 11 is 0. The van der Waals surface area contributed by atoms with Gasteiger partial charge in [-0.05, 0) is 86.1 Å². The van der Waals surface area contributed by atoms with Crippen LogP contribution in [0, 0.1) is 5.82 Å². The van der Waals surface area contributed by atoms with Crippen LogP contribution < -0.4 is 5.32 Å². The van der Waals surface area contributed by atoms with E-state index in [1.54, 1.807) is 18.2 Å². The predicted molar refractivity (Wildman–Crippen MR) is 128 cm³/mol. The molecule has 4 aromatic rings. The lowest BCUT2D eigenvalue weighted by Gasteiger charge is -2.31. The molecule has 174 valence electrons. The Morgan fingerprint density at radius 3 is 2.71 bits per heavy atom. The van der Waals surface area contributed by atoms with Crippen LogP contribution in [0.2, 0.25) is 0 Å². The van der Waals surface area contributed by atoms with Crippen LogP contribution in [0.25, 0.3) is 21.9 Å². The lowest BCUT2D eigenvalue weighted by molar-refractivity contribution is 0.0562. The highest BCUT2D eigenvalue weighted by molar-refractivity contribution is 5.97. The van der Waals surface area contributed by atoms with Gasteiger partial charge in [-0.1, -0.05) is 6.42 Å². The molecule has 6 nitrogen and oxygen atoms in total. The van der Waals surface area contributed by atoms with Crippen molar-refractivity contribution in [3.8, 4) is 0 Å². The molecule has 2 heterocycles. The second kappa shape index (κ2) is 8.47. The van der Waals surface area contributed by atoms with Gasteiger partial charge >= 0.3 is 0 Å².